The summed E-state index contributed by atoms with van der Waals surface area (Å²) in [6.07, 6.45) is 3.68. The standard InChI is InChI=1S/C19H21ClN2O2/c1-24-16-7-5-6-14(12-16)19(23)21-15-8-9-18(17(20)13-15)22-10-3-2-4-11-22/h5-9,12-13H,2-4,10-11H2,1H3,(H,21,23). The molecule has 0 aromatic heterocycles. The second-order valence-corrected chi connectivity index (χ2v) is 6.31. The highest BCUT2D eigenvalue weighted by Crippen LogP contribution is 2.31. The van der Waals surface area contributed by atoms with E-state index in [4.69, 9.17) is 16.3 Å². The second-order valence-electron chi connectivity index (χ2n) is 5.90. The minimum Gasteiger partial charge on any atom is -0.497 e. The molecule has 0 bridgehead atoms. The Balaban J connectivity index is 1.73. The van der Waals surface area contributed by atoms with Gasteiger partial charge in [0.15, 0.2) is 0 Å². The maximum atomic E-state index is 12.4. The lowest BCUT2D eigenvalue weighted by molar-refractivity contribution is 0.102. The molecule has 1 aliphatic rings. The summed E-state index contributed by atoms with van der Waals surface area (Å²) in [7, 11) is 1.58. The number of carbonyl (C=O) groups is 1. The number of carbonyl (C=O) groups excluding carboxylic acids is 1. The van der Waals surface area contributed by atoms with E-state index >= 15 is 0 Å². The van der Waals surface area contributed by atoms with Crippen LogP contribution in [0.4, 0.5) is 11.4 Å². The molecule has 0 radical (unpaired) electrons. The number of amides is 1. The molecule has 1 N–H and O–H groups in total. The van der Waals surface area contributed by atoms with Crippen LogP contribution in [0.15, 0.2) is 42.5 Å². The normalized spacial score (nSPS) is 14.3. The van der Waals surface area contributed by atoms with Gasteiger partial charge in [-0.1, -0.05) is 17.7 Å². The number of nitrogens with zero attached hydrogens (tertiary/aromatic N) is 1. The fraction of sp³-hybridized carbons (Fsp3) is 0.316. The van der Waals surface area contributed by atoms with Crippen molar-refractivity contribution in [2.75, 3.05) is 30.4 Å². The van der Waals surface area contributed by atoms with Gasteiger partial charge in [-0.25, -0.2) is 0 Å². The zero-order valence-corrected chi connectivity index (χ0v) is 14.5. The predicted octanol–water partition coefficient (Wildman–Crippen LogP) is 4.59. The maximum absolute atomic E-state index is 12.4. The van der Waals surface area contributed by atoms with Crippen LogP contribution < -0.4 is 15.0 Å². The third-order valence-corrected chi connectivity index (χ3v) is 4.54. The number of halogens is 1. The van der Waals surface area contributed by atoms with Crippen LogP contribution in [0.3, 0.4) is 0 Å². The van der Waals surface area contributed by atoms with Gasteiger partial charge in [0.1, 0.15) is 5.75 Å². The van der Waals surface area contributed by atoms with Gasteiger partial charge in [-0.3, -0.25) is 4.79 Å². The van der Waals surface area contributed by atoms with Gasteiger partial charge in [-0.2, -0.15) is 0 Å². The van der Waals surface area contributed by atoms with E-state index in [1.54, 1.807) is 31.4 Å². The number of rotatable bonds is 4. The van der Waals surface area contributed by atoms with E-state index in [1.807, 2.05) is 18.2 Å². The summed E-state index contributed by atoms with van der Waals surface area (Å²) >= 11 is 6.43. The molecule has 1 aliphatic heterocycles. The number of piperidine rings is 1. The number of nitrogens with one attached hydrogen (secondary N) is 1. The number of anilines is 2. The van der Waals surface area contributed by atoms with Crippen molar-refractivity contribution in [1.29, 1.82) is 0 Å². The molecule has 0 saturated carbocycles. The van der Waals surface area contributed by atoms with Crippen molar-refractivity contribution in [1.82, 2.24) is 0 Å². The molecule has 0 spiro atoms. The van der Waals surface area contributed by atoms with E-state index in [2.05, 4.69) is 10.2 Å². The fourth-order valence-electron chi connectivity index (χ4n) is 2.94. The molecule has 1 saturated heterocycles. The average Bonchev–Trinajstić information content (AvgIpc) is 2.62. The molecule has 0 aliphatic carbocycles. The van der Waals surface area contributed by atoms with E-state index in [9.17, 15) is 4.79 Å². The van der Waals surface area contributed by atoms with Crippen LogP contribution >= 0.6 is 11.6 Å². The molecule has 1 fully saturated rings. The molecule has 3 rings (SSSR count). The second kappa shape index (κ2) is 7.58. The zero-order chi connectivity index (χ0) is 16.9. The summed E-state index contributed by atoms with van der Waals surface area (Å²) in [6.45, 7) is 2.07. The van der Waals surface area contributed by atoms with Crippen LogP contribution in [0.1, 0.15) is 29.6 Å². The Kier molecular flexibility index (Phi) is 5.26. The first kappa shape index (κ1) is 16.7. The molecule has 2 aromatic carbocycles. The van der Waals surface area contributed by atoms with Gasteiger partial charge in [-0.15, -0.1) is 0 Å². The largest absolute Gasteiger partial charge is 0.497 e. The number of hydrogen-bond acceptors (Lipinski definition) is 3. The fourth-order valence-corrected chi connectivity index (χ4v) is 3.24. The number of ether oxygens (including phenoxy) is 1. The average molecular weight is 345 g/mol. The van der Waals surface area contributed by atoms with Crippen molar-refractivity contribution in [2.24, 2.45) is 0 Å². The van der Waals surface area contributed by atoms with Crippen molar-refractivity contribution in [2.45, 2.75) is 19.3 Å². The van der Waals surface area contributed by atoms with Gasteiger partial charge in [-0.05, 0) is 55.7 Å². The van der Waals surface area contributed by atoms with Crippen LogP contribution in [-0.4, -0.2) is 26.1 Å². The molecule has 126 valence electrons. The van der Waals surface area contributed by atoms with Crippen LogP contribution in [0.2, 0.25) is 5.02 Å². The maximum Gasteiger partial charge on any atom is 0.255 e. The Morgan fingerprint density at radius 1 is 1.12 bits per heavy atom. The molecular weight excluding hydrogens is 324 g/mol. The highest BCUT2D eigenvalue weighted by atomic mass is 35.5. The summed E-state index contributed by atoms with van der Waals surface area (Å²) in [4.78, 5) is 14.7. The van der Waals surface area contributed by atoms with Gasteiger partial charge >= 0.3 is 0 Å². The summed E-state index contributed by atoms with van der Waals surface area (Å²) in [5.41, 5.74) is 2.27. The van der Waals surface area contributed by atoms with E-state index in [0.717, 1.165) is 18.8 Å². The first-order valence-corrected chi connectivity index (χ1v) is 8.55. The van der Waals surface area contributed by atoms with Gasteiger partial charge < -0.3 is 15.0 Å². The first-order valence-electron chi connectivity index (χ1n) is 8.17. The first-order chi connectivity index (χ1) is 11.7. The Labute approximate surface area is 147 Å². The van der Waals surface area contributed by atoms with E-state index in [0.29, 0.717) is 22.0 Å². The molecule has 24 heavy (non-hydrogen) atoms. The monoisotopic (exact) mass is 344 g/mol. The van der Waals surface area contributed by atoms with Crippen molar-refractivity contribution in [3.05, 3.63) is 53.1 Å². The van der Waals surface area contributed by atoms with Crippen LogP contribution in [-0.2, 0) is 0 Å². The molecule has 4 nitrogen and oxygen atoms in total. The van der Waals surface area contributed by atoms with E-state index in [-0.39, 0.29) is 5.91 Å². The van der Waals surface area contributed by atoms with Crippen molar-refractivity contribution in [3.8, 4) is 5.75 Å². The van der Waals surface area contributed by atoms with Gasteiger partial charge in [0.05, 0.1) is 17.8 Å². The molecular formula is C19H21ClN2O2. The van der Waals surface area contributed by atoms with Crippen LogP contribution in [0, 0.1) is 0 Å². The summed E-state index contributed by atoms with van der Waals surface area (Å²) in [5, 5.41) is 3.55. The van der Waals surface area contributed by atoms with Crippen LogP contribution in [0.5, 0.6) is 5.75 Å². The molecule has 1 heterocycles. The minimum absolute atomic E-state index is 0.185. The van der Waals surface area contributed by atoms with Gasteiger partial charge in [0.2, 0.25) is 0 Å². The molecule has 0 unspecified atom stereocenters. The van der Waals surface area contributed by atoms with Crippen LogP contribution in [0.25, 0.3) is 0 Å². The van der Waals surface area contributed by atoms with Gasteiger partial charge in [0, 0.05) is 24.3 Å². The SMILES string of the molecule is COc1cccc(C(=O)Nc2ccc(N3CCCCC3)c(Cl)c2)c1. The number of benzene rings is 2. The quantitative estimate of drug-likeness (QED) is 0.881. The Morgan fingerprint density at radius 3 is 2.62 bits per heavy atom. The minimum atomic E-state index is -0.185. The third-order valence-electron chi connectivity index (χ3n) is 4.23. The Morgan fingerprint density at radius 2 is 1.92 bits per heavy atom. The van der Waals surface area contributed by atoms with Crippen molar-refractivity contribution >= 4 is 28.9 Å². The Bertz CT molecular complexity index is 727. The van der Waals surface area contributed by atoms with Gasteiger partial charge in [0.25, 0.3) is 5.91 Å². The predicted molar refractivity (Wildman–Crippen MR) is 98.5 cm³/mol. The lowest BCUT2D eigenvalue weighted by Crippen LogP contribution is -2.29. The number of methoxy groups -OCH3 is 1. The molecule has 2 aromatic rings. The third kappa shape index (κ3) is 3.82. The lowest BCUT2D eigenvalue weighted by atomic mass is 10.1. The smallest absolute Gasteiger partial charge is 0.255 e. The summed E-state index contributed by atoms with van der Waals surface area (Å²) in [6, 6.07) is 12.7. The summed E-state index contributed by atoms with van der Waals surface area (Å²) < 4.78 is 5.15. The molecule has 0 atom stereocenters. The van der Waals surface area contributed by atoms with Crippen molar-refractivity contribution in [3.63, 3.8) is 0 Å². The van der Waals surface area contributed by atoms with Crippen molar-refractivity contribution < 1.29 is 9.53 Å². The highest BCUT2D eigenvalue weighted by Gasteiger charge is 2.15. The molecule has 5 heteroatoms. The Hall–Kier alpha value is -2.20. The topological polar surface area (TPSA) is 41.6 Å². The lowest BCUT2D eigenvalue weighted by Gasteiger charge is -2.29. The number of hydrogen-bond donors (Lipinski definition) is 1. The zero-order valence-electron chi connectivity index (χ0n) is 13.7. The van der Waals surface area contributed by atoms with E-state index < -0.39 is 0 Å². The summed E-state index contributed by atoms with van der Waals surface area (Å²) in [5.74, 6) is 0.469. The highest BCUT2D eigenvalue weighted by molar-refractivity contribution is 6.33. The van der Waals surface area contributed by atoms with E-state index in [1.165, 1.54) is 19.3 Å². The molecule has 1 amide bonds.